The number of allylic oxidation sites excluding steroid dienone is 4. The minimum Gasteiger partial charge on any atom is -0.0874 e. The normalized spacial score (nSPS) is 10.0. The molecule has 0 aliphatic carbocycles. The second-order valence-electron chi connectivity index (χ2n) is 4.23. The Morgan fingerprint density at radius 1 is 1.07 bits per heavy atom. The Balaban J connectivity index is 0. The van der Waals surface area contributed by atoms with Crippen LogP contribution in [0.5, 0.6) is 0 Å². The van der Waals surface area contributed by atoms with E-state index in [1.807, 2.05) is 0 Å². The van der Waals surface area contributed by atoms with Crippen molar-refractivity contribution in [2.45, 2.75) is 61.3 Å². The average molecular weight is 196 g/mol. The lowest BCUT2D eigenvalue weighted by atomic mass is 10.0. The molecule has 0 aromatic rings. The maximum absolute atomic E-state index is 2.21. The molecule has 0 aliphatic rings. The Morgan fingerprint density at radius 3 is 1.64 bits per heavy atom. The summed E-state index contributed by atoms with van der Waals surface area (Å²) < 4.78 is 0. The molecule has 0 aliphatic heterocycles. The number of hydrogen-bond acceptors (Lipinski definition) is 0. The second kappa shape index (κ2) is 10.6. The summed E-state index contributed by atoms with van der Waals surface area (Å²) in [6.45, 7) is 15.2. The summed E-state index contributed by atoms with van der Waals surface area (Å²) in [6, 6.07) is 0. The van der Waals surface area contributed by atoms with E-state index in [4.69, 9.17) is 0 Å². The van der Waals surface area contributed by atoms with Crippen LogP contribution in [0, 0.1) is 5.92 Å². The monoisotopic (exact) mass is 196 g/mol. The Hall–Kier alpha value is -0.520. The van der Waals surface area contributed by atoms with Gasteiger partial charge in [0.1, 0.15) is 0 Å². The van der Waals surface area contributed by atoms with Crippen LogP contribution in [0.4, 0.5) is 0 Å². The van der Waals surface area contributed by atoms with E-state index in [1.165, 1.54) is 18.4 Å². The Bertz CT molecular complexity index is 162. The van der Waals surface area contributed by atoms with E-state index >= 15 is 0 Å². The molecule has 0 amide bonds. The van der Waals surface area contributed by atoms with Crippen molar-refractivity contribution in [3.05, 3.63) is 23.3 Å². The molecule has 0 nitrogen and oxygen atoms in total. The smallest absolute Gasteiger partial charge is 0.0343 e. The van der Waals surface area contributed by atoms with Crippen LogP contribution in [-0.2, 0) is 0 Å². The first-order chi connectivity index (χ1) is 6.49. The van der Waals surface area contributed by atoms with E-state index in [0.717, 1.165) is 5.92 Å². The van der Waals surface area contributed by atoms with Crippen LogP contribution in [0.25, 0.3) is 0 Å². The van der Waals surface area contributed by atoms with E-state index in [9.17, 15) is 0 Å². The molecule has 0 fully saturated rings. The zero-order valence-electron chi connectivity index (χ0n) is 11.1. The fraction of sp³-hybridized carbons (Fsp3) is 0.714. The minimum absolute atomic E-state index is 0.833. The summed E-state index contributed by atoms with van der Waals surface area (Å²) in [5, 5.41) is 0. The van der Waals surface area contributed by atoms with Gasteiger partial charge in [0.15, 0.2) is 0 Å². The van der Waals surface area contributed by atoms with Crippen LogP contribution in [0.15, 0.2) is 23.3 Å². The van der Waals surface area contributed by atoms with E-state index < -0.39 is 0 Å². The molecule has 0 aromatic heterocycles. The summed E-state index contributed by atoms with van der Waals surface area (Å²) in [4.78, 5) is 0. The zero-order chi connectivity index (χ0) is 11.6. The van der Waals surface area contributed by atoms with Crippen molar-refractivity contribution in [2.24, 2.45) is 5.92 Å². The molecule has 0 aromatic carbocycles. The van der Waals surface area contributed by atoms with Crippen molar-refractivity contribution >= 4 is 0 Å². The first-order valence-electron chi connectivity index (χ1n) is 5.80. The predicted molar refractivity (Wildman–Crippen MR) is 68.6 cm³/mol. The average Bonchev–Trinajstić information content (AvgIpc) is 2.06. The summed E-state index contributed by atoms with van der Waals surface area (Å²) >= 11 is 0. The van der Waals surface area contributed by atoms with E-state index in [1.54, 1.807) is 5.57 Å². The molecule has 0 heterocycles. The molecule has 14 heavy (non-hydrogen) atoms. The maximum atomic E-state index is 2.21. The van der Waals surface area contributed by atoms with Crippen LogP contribution in [-0.4, -0.2) is 0 Å². The van der Waals surface area contributed by atoms with Crippen LogP contribution in [0.3, 0.4) is 0 Å². The lowest BCUT2D eigenvalue weighted by Crippen LogP contribution is -1.81. The van der Waals surface area contributed by atoms with Gasteiger partial charge < -0.3 is 0 Å². The third-order valence-electron chi connectivity index (χ3n) is 1.83. The summed E-state index contributed by atoms with van der Waals surface area (Å²) in [5.74, 6) is 0.833. The molecule has 0 heteroatoms. The molecule has 0 unspecified atom stereocenters. The van der Waals surface area contributed by atoms with Crippen molar-refractivity contribution in [3.63, 3.8) is 0 Å². The molecule has 0 atom stereocenters. The molecule has 0 saturated heterocycles. The predicted octanol–water partition coefficient (Wildman–Crippen LogP) is 5.36. The first kappa shape index (κ1) is 15.9. The number of hydrogen-bond donors (Lipinski definition) is 0. The molecular weight excluding hydrogens is 168 g/mol. The highest BCUT2D eigenvalue weighted by atomic mass is 14.0. The lowest BCUT2D eigenvalue weighted by molar-refractivity contribution is 0.737. The molecule has 0 N–H and O–H groups in total. The third kappa shape index (κ3) is 11.5. The third-order valence-corrected chi connectivity index (χ3v) is 1.83. The molecule has 0 bridgehead atoms. The van der Waals surface area contributed by atoms with E-state index in [2.05, 4.69) is 60.6 Å². The van der Waals surface area contributed by atoms with E-state index in [-0.39, 0.29) is 0 Å². The molecule has 0 saturated carbocycles. The summed E-state index contributed by atoms with van der Waals surface area (Å²) in [6.07, 6.45) is 6.66. The second-order valence-corrected chi connectivity index (χ2v) is 4.23. The van der Waals surface area contributed by atoms with Gasteiger partial charge in [0, 0.05) is 0 Å². The van der Waals surface area contributed by atoms with Gasteiger partial charge in [-0.15, -0.1) is 0 Å². The Kier molecular flexibility index (Phi) is 12.0. The van der Waals surface area contributed by atoms with Crippen LogP contribution >= 0.6 is 0 Å². The molecular formula is C14H28. The van der Waals surface area contributed by atoms with Gasteiger partial charge in [-0.1, -0.05) is 57.9 Å². The summed E-state index contributed by atoms with van der Waals surface area (Å²) in [5.41, 5.74) is 3.01. The van der Waals surface area contributed by atoms with E-state index in [0.29, 0.717) is 0 Å². The topological polar surface area (TPSA) is 0 Å². The number of rotatable bonds is 3. The molecule has 0 spiro atoms. The Labute approximate surface area is 91.1 Å². The fourth-order valence-corrected chi connectivity index (χ4v) is 1.18. The van der Waals surface area contributed by atoms with Crippen molar-refractivity contribution in [2.75, 3.05) is 0 Å². The van der Waals surface area contributed by atoms with Crippen molar-refractivity contribution in [3.8, 4) is 0 Å². The van der Waals surface area contributed by atoms with Crippen molar-refractivity contribution < 1.29 is 0 Å². The van der Waals surface area contributed by atoms with Gasteiger partial charge in [-0.05, 0) is 32.6 Å². The van der Waals surface area contributed by atoms with Crippen molar-refractivity contribution in [1.82, 2.24) is 0 Å². The summed E-state index contributed by atoms with van der Waals surface area (Å²) in [7, 11) is 0. The van der Waals surface area contributed by atoms with Gasteiger partial charge >= 0.3 is 0 Å². The molecule has 0 rings (SSSR count). The SMILES string of the molecule is C/C=C\C(C)=C(CC)CC.CC(C)C. The lowest BCUT2D eigenvalue weighted by Gasteiger charge is -2.02. The largest absolute Gasteiger partial charge is 0.0874 e. The van der Waals surface area contributed by atoms with Gasteiger partial charge in [-0.2, -0.15) is 0 Å². The van der Waals surface area contributed by atoms with Crippen LogP contribution < -0.4 is 0 Å². The van der Waals surface area contributed by atoms with Gasteiger partial charge in [-0.3, -0.25) is 0 Å². The quantitative estimate of drug-likeness (QED) is 0.533. The molecule has 84 valence electrons. The molecule has 0 radical (unpaired) electrons. The van der Waals surface area contributed by atoms with Gasteiger partial charge in [0.05, 0.1) is 0 Å². The van der Waals surface area contributed by atoms with Crippen molar-refractivity contribution in [1.29, 1.82) is 0 Å². The highest BCUT2D eigenvalue weighted by Crippen LogP contribution is 2.12. The van der Waals surface area contributed by atoms with Gasteiger partial charge in [0.2, 0.25) is 0 Å². The standard InChI is InChI=1S/C10H18.C4H10/c1-5-8-9(4)10(6-2)7-3;1-4(2)3/h5,8H,6-7H2,1-4H3;4H,1-3H3/b8-5-;. The highest BCUT2D eigenvalue weighted by Gasteiger charge is 1.92. The van der Waals surface area contributed by atoms with Crippen LogP contribution in [0.2, 0.25) is 0 Å². The van der Waals surface area contributed by atoms with Gasteiger partial charge in [-0.25, -0.2) is 0 Å². The van der Waals surface area contributed by atoms with Gasteiger partial charge in [0.25, 0.3) is 0 Å². The van der Waals surface area contributed by atoms with Crippen LogP contribution in [0.1, 0.15) is 61.3 Å². The zero-order valence-corrected chi connectivity index (χ0v) is 11.1. The fourth-order valence-electron chi connectivity index (χ4n) is 1.18. The Morgan fingerprint density at radius 2 is 1.43 bits per heavy atom. The minimum atomic E-state index is 0.833. The maximum Gasteiger partial charge on any atom is -0.0343 e. The first-order valence-corrected chi connectivity index (χ1v) is 5.80. The highest BCUT2D eigenvalue weighted by molar-refractivity contribution is 5.22.